The molecule has 11 nitrogen and oxygen atoms in total. The molecular weight excluding hydrogens is 592 g/mol. The summed E-state index contributed by atoms with van der Waals surface area (Å²) < 4.78 is 14.2. The van der Waals surface area contributed by atoms with Gasteiger partial charge in [0, 0.05) is 36.7 Å². The molecule has 1 saturated heterocycles. The quantitative estimate of drug-likeness (QED) is 0.214. The summed E-state index contributed by atoms with van der Waals surface area (Å²) in [7, 11) is 0. The van der Waals surface area contributed by atoms with Crippen molar-refractivity contribution in [1.82, 2.24) is 30.1 Å². The van der Waals surface area contributed by atoms with E-state index < -0.39 is 0 Å². The average molecular weight is 643 g/mol. The zero-order valence-corrected chi connectivity index (χ0v) is 28.1. The molecule has 0 spiro atoms. The van der Waals surface area contributed by atoms with E-state index >= 15 is 0 Å². The normalized spacial score (nSPS) is 21.8. The molecule has 2 amide bonds. The average Bonchev–Trinajstić information content (AvgIpc) is 3.49. The number of fused-ring (bicyclic) bond motifs is 2. The largest absolute Gasteiger partial charge is 0.484 e. The van der Waals surface area contributed by atoms with E-state index in [2.05, 4.69) is 42.3 Å². The summed E-state index contributed by atoms with van der Waals surface area (Å²) in [5.74, 6) is 2.73. The van der Waals surface area contributed by atoms with Gasteiger partial charge in [-0.25, -0.2) is 4.79 Å². The van der Waals surface area contributed by atoms with Gasteiger partial charge >= 0.3 is 6.03 Å². The summed E-state index contributed by atoms with van der Waals surface area (Å²) >= 11 is 0. The Kier molecular flexibility index (Phi) is 10.4. The lowest BCUT2D eigenvalue weighted by Gasteiger charge is -2.32. The van der Waals surface area contributed by atoms with Crippen LogP contribution in [-0.4, -0.2) is 70.8 Å². The molecule has 0 unspecified atom stereocenters. The Morgan fingerprint density at radius 1 is 1.04 bits per heavy atom. The number of morpholine rings is 1. The minimum Gasteiger partial charge on any atom is -0.484 e. The molecule has 3 aromatic rings. The third kappa shape index (κ3) is 8.31. The maximum atomic E-state index is 13.4. The van der Waals surface area contributed by atoms with E-state index in [0.717, 1.165) is 86.9 Å². The Morgan fingerprint density at radius 2 is 1.81 bits per heavy atom. The molecule has 252 valence electrons. The summed E-state index contributed by atoms with van der Waals surface area (Å²) in [5, 5.41) is 15.2. The number of amidine groups is 1. The van der Waals surface area contributed by atoms with Crippen LogP contribution < -0.4 is 21.1 Å². The topological polar surface area (TPSA) is 131 Å². The second-order valence-corrected chi connectivity index (χ2v) is 14.0. The number of amides is 2. The van der Waals surface area contributed by atoms with Gasteiger partial charge in [-0.05, 0) is 55.0 Å². The van der Waals surface area contributed by atoms with Crippen LogP contribution in [0.1, 0.15) is 101 Å². The highest BCUT2D eigenvalue weighted by Gasteiger charge is 2.30. The number of aromatic nitrogens is 3. The maximum absolute atomic E-state index is 13.4. The van der Waals surface area contributed by atoms with Crippen molar-refractivity contribution in [3.05, 3.63) is 71.3 Å². The Balaban J connectivity index is 1.13. The molecule has 1 saturated carbocycles. The minimum absolute atomic E-state index is 0.133. The Bertz CT molecular complexity index is 1580. The fourth-order valence-corrected chi connectivity index (χ4v) is 6.72. The van der Waals surface area contributed by atoms with E-state index in [9.17, 15) is 4.79 Å². The molecule has 6 rings (SSSR count). The van der Waals surface area contributed by atoms with Crippen molar-refractivity contribution in [2.45, 2.75) is 83.8 Å². The van der Waals surface area contributed by atoms with E-state index in [1.54, 1.807) is 6.08 Å². The Hall–Kier alpha value is -3.96. The predicted molar refractivity (Wildman–Crippen MR) is 184 cm³/mol. The number of nitrogens with one attached hydrogen (secondary N) is 2. The maximum Gasteiger partial charge on any atom is 0.320 e. The van der Waals surface area contributed by atoms with Gasteiger partial charge in [0.15, 0.2) is 5.65 Å². The van der Waals surface area contributed by atoms with Crippen molar-refractivity contribution < 1.29 is 14.3 Å². The van der Waals surface area contributed by atoms with Crippen LogP contribution in [0.2, 0.25) is 0 Å². The summed E-state index contributed by atoms with van der Waals surface area (Å²) in [6.07, 6.45) is 11.3. The van der Waals surface area contributed by atoms with Crippen LogP contribution in [0.3, 0.4) is 0 Å². The van der Waals surface area contributed by atoms with E-state index in [4.69, 9.17) is 20.2 Å². The summed E-state index contributed by atoms with van der Waals surface area (Å²) in [6.45, 7) is 10.7. The number of nitrogens with two attached hydrogens (primary N) is 1. The van der Waals surface area contributed by atoms with Crippen molar-refractivity contribution in [2.75, 3.05) is 39.4 Å². The number of allylic oxidation sites excluding steroid dienone is 1. The highest BCUT2D eigenvalue weighted by atomic mass is 16.5. The van der Waals surface area contributed by atoms with Crippen molar-refractivity contribution in [1.29, 1.82) is 0 Å². The van der Waals surface area contributed by atoms with E-state index in [-0.39, 0.29) is 23.6 Å². The van der Waals surface area contributed by atoms with Gasteiger partial charge in [0.05, 0.1) is 32.0 Å². The standard InChI is InChI=1S/C36H50N8O3/c1-36(2,3)31(37)23-32(38-17-18-43-19-21-46-22-20-43)40-35(45)39-29-14-15-30(28-12-8-7-11-27(28)29)47-26-13-16-33-41-42-34(44(33)24-26)25-9-5-4-6-10-25/h7-8,11-13,16,23-25,29-30H,4-6,9-10,14-15,17-22,37H2,1-3H3,(H2,38,39,40,45)/b31-23-/t29-,30+/m0/s1. The molecule has 3 aliphatic rings. The van der Waals surface area contributed by atoms with E-state index in [1.807, 2.05) is 51.2 Å². The van der Waals surface area contributed by atoms with Crippen molar-refractivity contribution in [3.8, 4) is 5.75 Å². The second-order valence-electron chi connectivity index (χ2n) is 14.0. The first-order chi connectivity index (χ1) is 22.7. The smallest absolute Gasteiger partial charge is 0.320 e. The molecule has 47 heavy (non-hydrogen) atoms. The molecular formula is C36H50N8O3. The number of nitrogens with zero attached hydrogens (tertiary/aromatic N) is 5. The summed E-state index contributed by atoms with van der Waals surface area (Å²) in [5.41, 5.74) is 9.78. The Labute approximate surface area is 278 Å². The number of rotatable bonds is 8. The molecule has 3 heterocycles. The van der Waals surface area contributed by atoms with Gasteiger partial charge in [-0.3, -0.25) is 19.6 Å². The number of carbonyl (C=O) groups is 1. The monoisotopic (exact) mass is 642 g/mol. The number of hydrogen-bond donors (Lipinski definition) is 3. The SMILES string of the molecule is CC(C)(C)/C(N)=C/C(=NCCN1CCOCC1)NC(=O)N[C@H]1CC[C@@H](Oc2ccc3nnc(C4CCCCC4)n3c2)c2ccccc21. The molecule has 2 aromatic heterocycles. The van der Waals surface area contributed by atoms with Gasteiger partial charge < -0.3 is 20.5 Å². The number of ether oxygens (including phenoxy) is 2. The van der Waals surface area contributed by atoms with Gasteiger partial charge in [-0.2, -0.15) is 0 Å². The van der Waals surface area contributed by atoms with E-state index in [1.165, 1.54) is 19.3 Å². The molecule has 2 fully saturated rings. The molecule has 2 aliphatic carbocycles. The number of carbonyl (C=O) groups excluding carboxylic acids is 1. The fraction of sp³-hybridized carbons (Fsp3) is 0.556. The van der Waals surface area contributed by atoms with Crippen LogP contribution in [-0.2, 0) is 4.74 Å². The van der Waals surface area contributed by atoms with Gasteiger partial charge in [0.25, 0.3) is 0 Å². The molecule has 1 aromatic carbocycles. The highest BCUT2D eigenvalue weighted by molar-refractivity contribution is 6.04. The number of pyridine rings is 1. The summed E-state index contributed by atoms with van der Waals surface area (Å²) in [6, 6.07) is 11.7. The molecule has 11 heteroatoms. The third-order valence-corrected chi connectivity index (χ3v) is 9.59. The van der Waals surface area contributed by atoms with Crippen molar-refractivity contribution >= 4 is 17.5 Å². The van der Waals surface area contributed by atoms with Crippen LogP contribution in [0.25, 0.3) is 5.65 Å². The van der Waals surface area contributed by atoms with Gasteiger partial charge in [0.1, 0.15) is 23.5 Å². The molecule has 4 N–H and O–H groups in total. The number of hydrogen-bond acceptors (Lipinski definition) is 8. The number of benzene rings is 1. The van der Waals surface area contributed by atoms with Crippen LogP contribution >= 0.6 is 0 Å². The van der Waals surface area contributed by atoms with Crippen LogP contribution in [0, 0.1) is 5.41 Å². The molecule has 0 radical (unpaired) electrons. The van der Waals surface area contributed by atoms with Crippen LogP contribution in [0.4, 0.5) is 4.79 Å². The Morgan fingerprint density at radius 3 is 2.57 bits per heavy atom. The third-order valence-electron chi connectivity index (χ3n) is 9.59. The molecule has 0 bridgehead atoms. The zero-order valence-electron chi connectivity index (χ0n) is 28.1. The van der Waals surface area contributed by atoms with Gasteiger partial charge in [0.2, 0.25) is 0 Å². The van der Waals surface area contributed by atoms with Crippen LogP contribution in [0.15, 0.2) is 59.4 Å². The molecule has 1 aliphatic heterocycles. The zero-order chi connectivity index (χ0) is 32.8. The minimum atomic E-state index is -0.305. The van der Waals surface area contributed by atoms with Gasteiger partial charge in [-0.15, -0.1) is 10.2 Å². The van der Waals surface area contributed by atoms with Crippen LogP contribution in [0.5, 0.6) is 5.75 Å². The number of urea groups is 1. The lowest BCUT2D eigenvalue weighted by atomic mass is 9.85. The first-order valence-corrected chi connectivity index (χ1v) is 17.2. The second kappa shape index (κ2) is 14.9. The first-order valence-electron chi connectivity index (χ1n) is 17.2. The first kappa shape index (κ1) is 33.0. The number of aliphatic imine (C=N–C) groups is 1. The van der Waals surface area contributed by atoms with Crippen molar-refractivity contribution in [3.63, 3.8) is 0 Å². The molecule has 2 atom stereocenters. The van der Waals surface area contributed by atoms with E-state index in [0.29, 0.717) is 24.0 Å². The fourth-order valence-electron chi connectivity index (χ4n) is 6.72. The van der Waals surface area contributed by atoms with Gasteiger partial charge in [-0.1, -0.05) is 64.3 Å². The lowest BCUT2D eigenvalue weighted by Crippen LogP contribution is -2.43. The predicted octanol–water partition coefficient (Wildman–Crippen LogP) is 5.65. The highest BCUT2D eigenvalue weighted by Crippen LogP contribution is 2.39. The van der Waals surface area contributed by atoms with Crippen molar-refractivity contribution in [2.24, 2.45) is 16.1 Å². The lowest BCUT2D eigenvalue weighted by molar-refractivity contribution is 0.0394. The summed E-state index contributed by atoms with van der Waals surface area (Å²) in [4.78, 5) is 20.5.